The van der Waals surface area contributed by atoms with Crippen LogP contribution in [0.4, 0.5) is 8.78 Å². The van der Waals surface area contributed by atoms with E-state index in [9.17, 15) is 13.6 Å². The molecule has 88 valence electrons. The molecule has 0 saturated carbocycles. The molecule has 0 fully saturated rings. The summed E-state index contributed by atoms with van der Waals surface area (Å²) in [6.07, 6.45) is -2.46. The van der Waals surface area contributed by atoms with Gasteiger partial charge >= 0.3 is 5.97 Å². The fraction of sp³-hybridized carbons (Fsp3) is 0.364. The van der Waals surface area contributed by atoms with Gasteiger partial charge in [-0.2, -0.15) is 0 Å². The van der Waals surface area contributed by atoms with E-state index < -0.39 is 12.4 Å². The normalized spacial score (nSPS) is 10.5. The van der Waals surface area contributed by atoms with E-state index in [0.29, 0.717) is 5.56 Å². The molecule has 1 N–H and O–H groups in total. The van der Waals surface area contributed by atoms with Crippen LogP contribution in [0, 0.1) is 0 Å². The van der Waals surface area contributed by atoms with Gasteiger partial charge in [0.2, 0.25) is 0 Å². The lowest BCUT2D eigenvalue weighted by atomic mass is 10.1. The number of hydrogen-bond acceptors (Lipinski definition) is 2. The number of halogens is 2. The van der Waals surface area contributed by atoms with Crippen molar-refractivity contribution in [3.05, 3.63) is 29.3 Å². The largest absolute Gasteiger partial charge is 0.496 e. The summed E-state index contributed by atoms with van der Waals surface area (Å²) < 4.78 is 30.0. The highest BCUT2D eigenvalue weighted by Crippen LogP contribution is 2.29. The van der Waals surface area contributed by atoms with Crippen molar-refractivity contribution in [2.24, 2.45) is 0 Å². The van der Waals surface area contributed by atoms with Crippen molar-refractivity contribution in [3.8, 4) is 5.75 Å². The van der Waals surface area contributed by atoms with Gasteiger partial charge in [0.1, 0.15) is 5.75 Å². The average Bonchev–Trinajstić information content (AvgIpc) is 2.25. The highest BCUT2D eigenvalue weighted by Gasteiger charge is 2.14. The van der Waals surface area contributed by atoms with Crippen molar-refractivity contribution in [1.29, 1.82) is 0 Å². The molecule has 0 aromatic heterocycles. The van der Waals surface area contributed by atoms with Gasteiger partial charge in [0.25, 0.3) is 6.43 Å². The molecule has 0 radical (unpaired) electrons. The molecule has 5 heteroatoms. The summed E-state index contributed by atoms with van der Waals surface area (Å²) >= 11 is 0. The maximum Gasteiger partial charge on any atom is 0.303 e. The zero-order chi connectivity index (χ0) is 12.1. The van der Waals surface area contributed by atoms with Gasteiger partial charge in [0.05, 0.1) is 12.7 Å². The minimum absolute atomic E-state index is 0.0744. The first-order chi connectivity index (χ1) is 7.54. The number of hydrogen-bond donors (Lipinski definition) is 1. The molecule has 0 heterocycles. The molecule has 0 spiro atoms. The first-order valence-electron chi connectivity index (χ1n) is 4.71. The summed E-state index contributed by atoms with van der Waals surface area (Å²) in [6.45, 7) is 0. The summed E-state index contributed by atoms with van der Waals surface area (Å²) in [4.78, 5) is 10.3. The van der Waals surface area contributed by atoms with Gasteiger partial charge in [-0.05, 0) is 24.1 Å². The molecule has 0 amide bonds. The minimum atomic E-state index is -2.63. The standard InChI is InChI=1S/C11H12F2O3/c1-16-9-4-2-7(3-5-10(14)15)6-8(9)11(12)13/h2,4,6,11H,3,5H2,1H3,(H,14,15). The first kappa shape index (κ1) is 12.4. The Morgan fingerprint density at radius 2 is 2.19 bits per heavy atom. The fourth-order valence-corrected chi connectivity index (χ4v) is 1.36. The van der Waals surface area contributed by atoms with E-state index in [0.717, 1.165) is 0 Å². The second kappa shape index (κ2) is 5.44. The van der Waals surface area contributed by atoms with Gasteiger partial charge in [-0.15, -0.1) is 0 Å². The summed E-state index contributed by atoms with van der Waals surface area (Å²) in [5.41, 5.74) is 0.365. The highest BCUT2D eigenvalue weighted by molar-refractivity contribution is 5.67. The van der Waals surface area contributed by atoms with Crippen LogP contribution < -0.4 is 4.74 Å². The van der Waals surface area contributed by atoms with Crippen molar-refractivity contribution < 1.29 is 23.4 Å². The number of aryl methyl sites for hydroxylation is 1. The Morgan fingerprint density at radius 1 is 1.50 bits per heavy atom. The summed E-state index contributed by atoms with van der Waals surface area (Å²) in [5, 5.41) is 8.48. The molecule has 0 aliphatic heterocycles. The smallest absolute Gasteiger partial charge is 0.303 e. The molecule has 1 aromatic rings. The molecule has 0 aliphatic rings. The SMILES string of the molecule is COc1ccc(CCC(=O)O)cc1C(F)F. The second-order valence-electron chi connectivity index (χ2n) is 3.27. The molecule has 3 nitrogen and oxygen atoms in total. The van der Waals surface area contributed by atoms with Gasteiger partial charge in [-0.1, -0.05) is 6.07 Å². The maximum atomic E-state index is 12.6. The van der Waals surface area contributed by atoms with E-state index in [1.165, 1.54) is 19.2 Å². The van der Waals surface area contributed by atoms with Gasteiger partial charge < -0.3 is 9.84 Å². The molecule has 0 aliphatic carbocycles. The predicted molar refractivity (Wildman–Crippen MR) is 53.9 cm³/mol. The zero-order valence-electron chi connectivity index (χ0n) is 8.74. The molecule has 0 unspecified atom stereocenters. The summed E-state index contributed by atoms with van der Waals surface area (Å²) in [5.74, 6) is -0.830. The molecule has 0 atom stereocenters. The summed E-state index contributed by atoms with van der Waals surface area (Å²) in [6, 6.07) is 4.30. The number of methoxy groups -OCH3 is 1. The van der Waals surface area contributed by atoms with Crippen LogP contribution in [0.1, 0.15) is 24.0 Å². The van der Waals surface area contributed by atoms with E-state index >= 15 is 0 Å². The van der Waals surface area contributed by atoms with Crippen LogP contribution in [0.2, 0.25) is 0 Å². The number of carbonyl (C=O) groups is 1. The predicted octanol–water partition coefficient (Wildman–Crippen LogP) is 2.65. The third-order valence-electron chi connectivity index (χ3n) is 2.16. The number of carboxylic acid groups (broad SMARTS) is 1. The number of ether oxygens (including phenoxy) is 1. The molecule has 0 saturated heterocycles. The van der Waals surface area contributed by atoms with Crippen molar-refractivity contribution >= 4 is 5.97 Å². The van der Waals surface area contributed by atoms with Crippen LogP contribution >= 0.6 is 0 Å². The van der Waals surface area contributed by atoms with E-state index in [4.69, 9.17) is 9.84 Å². The van der Waals surface area contributed by atoms with Crippen LogP contribution in [0.5, 0.6) is 5.75 Å². The number of aliphatic carboxylic acids is 1. The quantitative estimate of drug-likeness (QED) is 0.845. The lowest BCUT2D eigenvalue weighted by molar-refractivity contribution is -0.136. The minimum Gasteiger partial charge on any atom is -0.496 e. The lowest BCUT2D eigenvalue weighted by Crippen LogP contribution is -1.99. The van der Waals surface area contributed by atoms with Crippen LogP contribution in [0.3, 0.4) is 0 Å². The Labute approximate surface area is 91.7 Å². The Bertz CT molecular complexity index is 377. The van der Waals surface area contributed by atoms with Gasteiger partial charge in [-0.3, -0.25) is 4.79 Å². The molecular weight excluding hydrogens is 218 g/mol. The third kappa shape index (κ3) is 3.18. The monoisotopic (exact) mass is 230 g/mol. The van der Waals surface area contributed by atoms with E-state index in [1.54, 1.807) is 6.07 Å². The number of alkyl halides is 2. The van der Waals surface area contributed by atoms with Crippen LogP contribution in [-0.4, -0.2) is 18.2 Å². The van der Waals surface area contributed by atoms with Crippen LogP contribution in [0.25, 0.3) is 0 Å². The summed E-state index contributed by atoms with van der Waals surface area (Å²) in [7, 11) is 1.32. The Hall–Kier alpha value is -1.65. The van der Waals surface area contributed by atoms with E-state index in [2.05, 4.69) is 0 Å². The van der Waals surface area contributed by atoms with Gasteiger partial charge in [0, 0.05) is 6.42 Å². The Kier molecular flexibility index (Phi) is 4.22. The average molecular weight is 230 g/mol. The van der Waals surface area contributed by atoms with Crippen molar-refractivity contribution in [3.63, 3.8) is 0 Å². The molecule has 1 aromatic carbocycles. The Morgan fingerprint density at radius 3 is 2.69 bits per heavy atom. The second-order valence-corrected chi connectivity index (χ2v) is 3.27. The van der Waals surface area contributed by atoms with Crippen molar-refractivity contribution in [2.75, 3.05) is 7.11 Å². The van der Waals surface area contributed by atoms with E-state index in [-0.39, 0.29) is 24.2 Å². The number of rotatable bonds is 5. The molecule has 16 heavy (non-hydrogen) atoms. The van der Waals surface area contributed by atoms with Crippen molar-refractivity contribution in [2.45, 2.75) is 19.3 Å². The molecule has 1 rings (SSSR count). The van der Waals surface area contributed by atoms with Crippen molar-refractivity contribution in [1.82, 2.24) is 0 Å². The van der Waals surface area contributed by atoms with E-state index in [1.807, 2.05) is 0 Å². The highest BCUT2D eigenvalue weighted by atomic mass is 19.3. The third-order valence-corrected chi connectivity index (χ3v) is 2.16. The van der Waals surface area contributed by atoms with Crippen LogP contribution in [0.15, 0.2) is 18.2 Å². The van der Waals surface area contributed by atoms with Crippen LogP contribution in [-0.2, 0) is 11.2 Å². The molecule has 0 bridgehead atoms. The fourth-order valence-electron chi connectivity index (χ4n) is 1.36. The first-order valence-corrected chi connectivity index (χ1v) is 4.71. The zero-order valence-corrected chi connectivity index (χ0v) is 8.74. The maximum absolute atomic E-state index is 12.6. The molecular formula is C11H12F2O3. The van der Waals surface area contributed by atoms with Gasteiger partial charge in [-0.25, -0.2) is 8.78 Å². The van der Waals surface area contributed by atoms with Gasteiger partial charge in [0.15, 0.2) is 0 Å². The topological polar surface area (TPSA) is 46.5 Å². The number of benzene rings is 1. The lowest BCUT2D eigenvalue weighted by Gasteiger charge is -2.09. The number of carboxylic acids is 1. The Balaban J connectivity index is 2.89.